The van der Waals surface area contributed by atoms with Crippen LogP contribution < -0.4 is 10.1 Å². The van der Waals surface area contributed by atoms with Crippen LogP contribution in [0.15, 0.2) is 42.6 Å². The van der Waals surface area contributed by atoms with Gasteiger partial charge in [0.2, 0.25) is 0 Å². The normalized spacial score (nSPS) is 11.2. The highest BCUT2D eigenvalue weighted by molar-refractivity contribution is 6.30. The molecule has 0 aliphatic heterocycles. The van der Waals surface area contributed by atoms with Crippen molar-refractivity contribution < 1.29 is 9.13 Å². The van der Waals surface area contributed by atoms with Gasteiger partial charge in [-0.3, -0.25) is 0 Å². The molecule has 24 heavy (non-hydrogen) atoms. The lowest BCUT2D eigenvalue weighted by molar-refractivity contribution is 0.308. The van der Waals surface area contributed by atoms with Crippen LogP contribution in [-0.4, -0.2) is 18.2 Å². The maximum absolute atomic E-state index is 14.0. The zero-order chi connectivity index (χ0) is 17.1. The predicted molar refractivity (Wildman–Crippen MR) is 96.3 cm³/mol. The summed E-state index contributed by atoms with van der Waals surface area (Å²) in [7, 11) is 3.84. The van der Waals surface area contributed by atoms with Gasteiger partial charge in [-0.2, -0.15) is 0 Å². The van der Waals surface area contributed by atoms with Gasteiger partial charge in [-0.1, -0.05) is 23.7 Å². The van der Waals surface area contributed by atoms with Gasteiger partial charge in [0.25, 0.3) is 0 Å². The molecule has 0 bridgehead atoms. The molecule has 0 spiro atoms. The lowest BCUT2D eigenvalue weighted by Crippen LogP contribution is -2.10. The van der Waals surface area contributed by atoms with Gasteiger partial charge in [0, 0.05) is 29.7 Å². The van der Waals surface area contributed by atoms with Crippen LogP contribution in [0, 0.1) is 5.82 Å². The maximum Gasteiger partial charge on any atom is 0.132 e. The van der Waals surface area contributed by atoms with Crippen LogP contribution in [-0.2, 0) is 20.1 Å². The molecule has 3 nitrogen and oxygen atoms in total. The lowest BCUT2D eigenvalue weighted by Gasteiger charge is -2.10. The molecular weight excluding hydrogens is 327 g/mol. The summed E-state index contributed by atoms with van der Waals surface area (Å²) in [6.07, 6.45) is 2.90. The second-order valence-corrected chi connectivity index (χ2v) is 6.27. The number of aromatic nitrogens is 1. The van der Waals surface area contributed by atoms with E-state index in [0.717, 1.165) is 35.0 Å². The second kappa shape index (κ2) is 7.24. The monoisotopic (exact) mass is 346 g/mol. The molecule has 2 aromatic carbocycles. The molecule has 0 atom stereocenters. The Morgan fingerprint density at radius 2 is 1.96 bits per heavy atom. The fourth-order valence-corrected chi connectivity index (χ4v) is 2.97. The Hall–Kier alpha value is -2.04. The van der Waals surface area contributed by atoms with Gasteiger partial charge < -0.3 is 14.6 Å². The summed E-state index contributed by atoms with van der Waals surface area (Å²) >= 11 is 5.90. The van der Waals surface area contributed by atoms with E-state index in [1.807, 2.05) is 49.1 Å². The average molecular weight is 347 g/mol. The first-order valence-electron chi connectivity index (χ1n) is 7.88. The highest BCUT2D eigenvalue weighted by Gasteiger charge is 2.14. The Morgan fingerprint density at radius 1 is 1.21 bits per heavy atom. The summed E-state index contributed by atoms with van der Waals surface area (Å²) in [6.45, 7) is 1.23. The fraction of sp³-hybridized carbons (Fsp3) is 0.263. The summed E-state index contributed by atoms with van der Waals surface area (Å²) in [5.41, 5.74) is 2.98. The van der Waals surface area contributed by atoms with E-state index >= 15 is 0 Å². The van der Waals surface area contributed by atoms with Gasteiger partial charge in [-0.25, -0.2) is 4.39 Å². The van der Waals surface area contributed by atoms with E-state index in [-0.39, 0.29) is 5.82 Å². The molecule has 126 valence electrons. The molecule has 0 amide bonds. The van der Waals surface area contributed by atoms with Crippen LogP contribution in [0.4, 0.5) is 4.39 Å². The SMILES string of the molecule is CNCCc1cn(C)c2cc(F)cc(OCc3ccc(Cl)cc3)c12. The smallest absolute Gasteiger partial charge is 0.132 e. The summed E-state index contributed by atoms with van der Waals surface area (Å²) in [4.78, 5) is 0. The molecule has 3 aromatic rings. The van der Waals surface area contributed by atoms with Crippen LogP contribution in [0.2, 0.25) is 5.02 Å². The number of benzene rings is 2. The van der Waals surface area contributed by atoms with Crippen molar-refractivity contribution in [3.8, 4) is 5.75 Å². The lowest BCUT2D eigenvalue weighted by atomic mass is 10.1. The number of hydrogen-bond acceptors (Lipinski definition) is 2. The topological polar surface area (TPSA) is 26.2 Å². The molecule has 5 heteroatoms. The van der Waals surface area contributed by atoms with E-state index in [4.69, 9.17) is 16.3 Å². The molecule has 0 fully saturated rings. The van der Waals surface area contributed by atoms with Crippen LogP contribution in [0.3, 0.4) is 0 Å². The van der Waals surface area contributed by atoms with Gasteiger partial charge in [-0.15, -0.1) is 0 Å². The van der Waals surface area contributed by atoms with Gasteiger partial charge in [0.15, 0.2) is 0 Å². The predicted octanol–water partition coefficient (Wildman–Crippen LogP) is 4.31. The van der Waals surface area contributed by atoms with E-state index in [2.05, 4.69) is 5.32 Å². The Balaban J connectivity index is 1.94. The Kier molecular flexibility index (Phi) is 5.07. The minimum absolute atomic E-state index is 0.296. The highest BCUT2D eigenvalue weighted by atomic mass is 35.5. The minimum atomic E-state index is -0.296. The van der Waals surface area contributed by atoms with Crippen molar-refractivity contribution in [1.82, 2.24) is 9.88 Å². The number of ether oxygens (including phenoxy) is 1. The van der Waals surface area contributed by atoms with Crippen molar-refractivity contribution in [1.29, 1.82) is 0 Å². The molecule has 0 saturated carbocycles. The molecule has 1 aromatic heterocycles. The number of hydrogen-bond donors (Lipinski definition) is 1. The van der Waals surface area contributed by atoms with Crippen LogP contribution in [0.5, 0.6) is 5.75 Å². The van der Waals surface area contributed by atoms with Crippen molar-refractivity contribution >= 4 is 22.5 Å². The Bertz CT molecular complexity index is 843. The first-order valence-corrected chi connectivity index (χ1v) is 8.25. The third kappa shape index (κ3) is 3.55. The van der Waals surface area contributed by atoms with Crippen LogP contribution in [0.1, 0.15) is 11.1 Å². The first kappa shape index (κ1) is 16.8. The molecule has 1 N–H and O–H groups in total. The summed E-state index contributed by atoms with van der Waals surface area (Å²) in [5, 5.41) is 4.81. The Labute approximate surface area is 146 Å². The minimum Gasteiger partial charge on any atom is -0.488 e. The van der Waals surface area contributed by atoms with E-state index in [0.29, 0.717) is 17.4 Å². The third-order valence-corrected chi connectivity index (χ3v) is 4.30. The van der Waals surface area contributed by atoms with Crippen molar-refractivity contribution in [3.05, 3.63) is 64.6 Å². The Morgan fingerprint density at radius 3 is 2.67 bits per heavy atom. The summed E-state index contributed by atoms with van der Waals surface area (Å²) < 4.78 is 21.9. The number of fused-ring (bicyclic) bond motifs is 1. The van der Waals surface area contributed by atoms with Crippen molar-refractivity contribution in [2.75, 3.05) is 13.6 Å². The average Bonchev–Trinajstić information content (AvgIpc) is 2.88. The molecule has 3 rings (SSSR count). The van der Waals surface area contributed by atoms with Gasteiger partial charge in [-0.05, 0) is 49.3 Å². The molecular formula is C19H20ClFN2O. The third-order valence-electron chi connectivity index (χ3n) is 4.05. The molecule has 1 heterocycles. The van der Waals surface area contributed by atoms with Gasteiger partial charge in [0.05, 0.1) is 5.52 Å². The molecule has 0 saturated heterocycles. The highest BCUT2D eigenvalue weighted by Crippen LogP contribution is 2.32. The number of likely N-dealkylation sites (N-methyl/N-ethyl adjacent to an activating group) is 1. The number of rotatable bonds is 6. The maximum atomic E-state index is 14.0. The number of nitrogens with one attached hydrogen (secondary N) is 1. The second-order valence-electron chi connectivity index (χ2n) is 5.83. The van der Waals surface area contributed by atoms with E-state index in [9.17, 15) is 4.39 Å². The summed E-state index contributed by atoms with van der Waals surface area (Å²) in [5.74, 6) is 0.279. The quantitative estimate of drug-likeness (QED) is 0.719. The largest absolute Gasteiger partial charge is 0.488 e. The molecule has 0 radical (unpaired) electrons. The zero-order valence-corrected chi connectivity index (χ0v) is 14.5. The van der Waals surface area contributed by atoms with E-state index < -0.39 is 0 Å². The number of aryl methyl sites for hydroxylation is 1. The molecule has 0 unspecified atom stereocenters. The fourth-order valence-electron chi connectivity index (χ4n) is 2.84. The zero-order valence-electron chi connectivity index (χ0n) is 13.8. The van der Waals surface area contributed by atoms with Gasteiger partial charge in [0.1, 0.15) is 18.2 Å². The standard InChI is InChI=1S/C19H20ClFN2O/c1-22-8-7-14-11-23(2)17-9-16(21)10-18(19(14)17)24-12-13-3-5-15(20)6-4-13/h3-6,9-11,22H,7-8,12H2,1-2H3. The van der Waals surface area contributed by atoms with E-state index in [1.165, 1.54) is 6.07 Å². The molecule has 0 aliphatic carbocycles. The van der Waals surface area contributed by atoms with Crippen molar-refractivity contribution in [3.63, 3.8) is 0 Å². The number of nitrogens with zero attached hydrogens (tertiary/aromatic N) is 1. The van der Waals surface area contributed by atoms with Gasteiger partial charge >= 0.3 is 0 Å². The van der Waals surface area contributed by atoms with Crippen molar-refractivity contribution in [2.24, 2.45) is 7.05 Å². The van der Waals surface area contributed by atoms with E-state index in [1.54, 1.807) is 6.07 Å². The summed E-state index contributed by atoms with van der Waals surface area (Å²) in [6, 6.07) is 10.5. The molecule has 0 aliphatic rings. The number of halogens is 2. The first-order chi connectivity index (χ1) is 11.6. The van der Waals surface area contributed by atoms with Crippen LogP contribution in [0.25, 0.3) is 10.9 Å². The van der Waals surface area contributed by atoms with Crippen molar-refractivity contribution in [2.45, 2.75) is 13.0 Å². The van der Waals surface area contributed by atoms with Crippen LogP contribution >= 0.6 is 11.6 Å².